The average Bonchev–Trinajstić information content (AvgIpc) is 3.58. The molecule has 0 unspecified atom stereocenters. The standard InChI is InChI=1S/C24H29FN4O/c1-24(2,30)22-10-20(25)7-8-21(22)23-19(15-29(27-23)13-17-5-6-17)9-18-11-26-28(14-18)12-16-3-4-16/h7-8,10-11,14-17,30H,3-6,9,12-13H2,1-2H3. The van der Waals surface area contributed by atoms with Gasteiger partial charge in [0.25, 0.3) is 0 Å². The van der Waals surface area contributed by atoms with Crippen molar-refractivity contribution >= 4 is 0 Å². The van der Waals surface area contributed by atoms with Gasteiger partial charge >= 0.3 is 0 Å². The molecular formula is C24H29FN4O. The molecular weight excluding hydrogens is 379 g/mol. The number of halogens is 1. The lowest BCUT2D eigenvalue weighted by atomic mass is 9.90. The lowest BCUT2D eigenvalue weighted by Crippen LogP contribution is -2.17. The largest absolute Gasteiger partial charge is 0.386 e. The van der Waals surface area contributed by atoms with Crippen LogP contribution in [-0.2, 0) is 25.1 Å². The molecule has 2 aromatic heterocycles. The summed E-state index contributed by atoms with van der Waals surface area (Å²) >= 11 is 0. The Kier molecular flexibility index (Phi) is 4.77. The summed E-state index contributed by atoms with van der Waals surface area (Å²) in [5, 5.41) is 20.1. The van der Waals surface area contributed by atoms with E-state index in [0.717, 1.165) is 41.4 Å². The van der Waals surface area contributed by atoms with Crippen LogP contribution in [0.2, 0.25) is 0 Å². The Bertz CT molecular complexity index is 1050. The summed E-state index contributed by atoms with van der Waals surface area (Å²) in [5.41, 5.74) is 3.24. The summed E-state index contributed by atoms with van der Waals surface area (Å²) in [6.07, 6.45) is 12.0. The third-order valence-electron chi connectivity index (χ3n) is 6.10. The van der Waals surface area contributed by atoms with Crippen LogP contribution in [0.3, 0.4) is 0 Å². The van der Waals surface area contributed by atoms with Crippen LogP contribution in [0.1, 0.15) is 56.2 Å². The Morgan fingerprint density at radius 2 is 1.77 bits per heavy atom. The first-order valence-electron chi connectivity index (χ1n) is 11.0. The topological polar surface area (TPSA) is 55.9 Å². The highest BCUT2D eigenvalue weighted by molar-refractivity contribution is 5.68. The number of aliphatic hydroxyl groups is 1. The summed E-state index contributed by atoms with van der Waals surface area (Å²) in [4.78, 5) is 0. The minimum atomic E-state index is -1.16. The second kappa shape index (κ2) is 7.34. The summed E-state index contributed by atoms with van der Waals surface area (Å²) in [5.74, 6) is 1.13. The molecule has 0 saturated heterocycles. The lowest BCUT2D eigenvalue weighted by Gasteiger charge is -2.21. The molecule has 2 aliphatic carbocycles. The maximum Gasteiger partial charge on any atom is 0.123 e. The number of nitrogens with zero attached hydrogens (tertiary/aromatic N) is 4. The summed E-state index contributed by atoms with van der Waals surface area (Å²) in [7, 11) is 0. The zero-order chi connectivity index (χ0) is 20.9. The van der Waals surface area contributed by atoms with Gasteiger partial charge in [-0.05, 0) is 80.7 Å². The van der Waals surface area contributed by atoms with Gasteiger partial charge in [-0.25, -0.2) is 4.39 Å². The maximum absolute atomic E-state index is 14.0. The van der Waals surface area contributed by atoms with Crippen LogP contribution < -0.4 is 0 Å². The second-order valence-electron chi connectivity index (χ2n) is 9.61. The van der Waals surface area contributed by atoms with Crippen LogP contribution in [0.5, 0.6) is 0 Å². The van der Waals surface area contributed by atoms with Gasteiger partial charge in [-0.1, -0.05) is 0 Å². The highest BCUT2D eigenvalue weighted by Crippen LogP contribution is 2.36. The van der Waals surface area contributed by atoms with Crippen LogP contribution in [0.15, 0.2) is 36.8 Å². The van der Waals surface area contributed by atoms with E-state index in [1.54, 1.807) is 19.9 Å². The van der Waals surface area contributed by atoms with Crippen molar-refractivity contribution in [3.05, 3.63) is 59.3 Å². The van der Waals surface area contributed by atoms with Crippen LogP contribution in [0, 0.1) is 17.7 Å². The monoisotopic (exact) mass is 408 g/mol. The Balaban J connectivity index is 1.51. The fraction of sp³-hybridized carbons (Fsp3) is 0.500. The smallest absolute Gasteiger partial charge is 0.123 e. The molecule has 158 valence electrons. The van der Waals surface area contributed by atoms with Crippen molar-refractivity contribution in [1.29, 1.82) is 0 Å². The van der Waals surface area contributed by atoms with Gasteiger partial charge in [0.15, 0.2) is 0 Å². The molecule has 1 aromatic carbocycles. The highest BCUT2D eigenvalue weighted by atomic mass is 19.1. The Morgan fingerprint density at radius 3 is 2.43 bits per heavy atom. The zero-order valence-corrected chi connectivity index (χ0v) is 17.7. The van der Waals surface area contributed by atoms with Crippen molar-refractivity contribution in [3.63, 3.8) is 0 Å². The first-order valence-corrected chi connectivity index (χ1v) is 11.0. The zero-order valence-electron chi connectivity index (χ0n) is 17.7. The molecule has 5 rings (SSSR count). The van der Waals surface area contributed by atoms with Gasteiger partial charge in [0, 0.05) is 43.0 Å². The van der Waals surface area contributed by atoms with Gasteiger partial charge in [0.2, 0.25) is 0 Å². The molecule has 0 spiro atoms. The molecule has 0 atom stereocenters. The average molecular weight is 409 g/mol. The lowest BCUT2D eigenvalue weighted by molar-refractivity contribution is 0.0788. The number of aromatic nitrogens is 4. The molecule has 0 aliphatic heterocycles. The van der Waals surface area contributed by atoms with E-state index in [-0.39, 0.29) is 5.82 Å². The number of hydrogen-bond donors (Lipinski definition) is 1. The molecule has 5 nitrogen and oxygen atoms in total. The first-order chi connectivity index (χ1) is 14.3. The van der Waals surface area contributed by atoms with E-state index in [1.807, 2.05) is 15.6 Å². The molecule has 6 heteroatoms. The van der Waals surface area contributed by atoms with Gasteiger partial charge in [-0.15, -0.1) is 0 Å². The van der Waals surface area contributed by atoms with Gasteiger partial charge in [-0.3, -0.25) is 9.36 Å². The van der Waals surface area contributed by atoms with E-state index in [9.17, 15) is 9.50 Å². The van der Waals surface area contributed by atoms with Gasteiger partial charge in [0.1, 0.15) is 5.82 Å². The van der Waals surface area contributed by atoms with Crippen molar-refractivity contribution in [2.45, 2.75) is 64.6 Å². The minimum Gasteiger partial charge on any atom is -0.386 e. The molecule has 2 aliphatic rings. The van der Waals surface area contributed by atoms with Gasteiger partial charge < -0.3 is 5.11 Å². The van der Waals surface area contributed by atoms with Gasteiger partial charge in [-0.2, -0.15) is 10.2 Å². The SMILES string of the molecule is CC(C)(O)c1cc(F)ccc1-c1nn(CC2CC2)cc1Cc1cnn(CC2CC2)c1. The van der Waals surface area contributed by atoms with E-state index in [2.05, 4.69) is 17.5 Å². The Hall–Kier alpha value is -2.47. The van der Waals surface area contributed by atoms with Crippen LogP contribution in [0.25, 0.3) is 11.3 Å². The Labute approximate surface area is 176 Å². The van der Waals surface area contributed by atoms with Crippen molar-refractivity contribution in [2.24, 2.45) is 11.8 Å². The van der Waals surface area contributed by atoms with E-state index in [1.165, 1.54) is 37.8 Å². The fourth-order valence-electron chi connectivity index (χ4n) is 4.09. The molecule has 0 amide bonds. The third-order valence-corrected chi connectivity index (χ3v) is 6.10. The number of hydrogen-bond acceptors (Lipinski definition) is 3. The van der Waals surface area contributed by atoms with Crippen LogP contribution in [0.4, 0.5) is 4.39 Å². The molecule has 30 heavy (non-hydrogen) atoms. The van der Waals surface area contributed by atoms with Crippen LogP contribution >= 0.6 is 0 Å². The minimum absolute atomic E-state index is 0.351. The molecule has 2 fully saturated rings. The molecule has 2 heterocycles. The first kappa shape index (κ1) is 19.5. The molecule has 0 bridgehead atoms. The molecule has 1 N–H and O–H groups in total. The third kappa shape index (κ3) is 4.33. The highest BCUT2D eigenvalue weighted by Gasteiger charge is 2.27. The quantitative estimate of drug-likeness (QED) is 0.596. The van der Waals surface area contributed by atoms with E-state index in [4.69, 9.17) is 5.10 Å². The maximum atomic E-state index is 14.0. The van der Waals surface area contributed by atoms with E-state index < -0.39 is 5.60 Å². The van der Waals surface area contributed by atoms with Crippen molar-refractivity contribution in [3.8, 4) is 11.3 Å². The summed E-state index contributed by atoms with van der Waals surface area (Å²) in [6, 6.07) is 4.61. The summed E-state index contributed by atoms with van der Waals surface area (Å²) in [6.45, 7) is 5.28. The van der Waals surface area contributed by atoms with Crippen molar-refractivity contribution in [1.82, 2.24) is 19.6 Å². The predicted octanol–water partition coefficient (Wildman–Crippen LogP) is 4.52. The molecule has 3 aromatic rings. The molecule has 2 saturated carbocycles. The fourth-order valence-corrected chi connectivity index (χ4v) is 4.09. The van der Waals surface area contributed by atoms with Crippen molar-refractivity contribution in [2.75, 3.05) is 0 Å². The van der Waals surface area contributed by atoms with E-state index in [0.29, 0.717) is 17.9 Å². The van der Waals surface area contributed by atoms with E-state index >= 15 is 0 Å². The van der Waals surface area contributed by atoms with Crippen LogP contribution in [-0.4, -0.2) is 24.7 Å². The Morgan fingerprint density at radius 1 is 1.07 bits per heavy atom. The normalized spacial score (nSPS) is 16.9. The molecule has 0 radical (unpaired) electrons. The van der Waals surface area contributed by atoms with Crippen molar-refractivity contribution < 1.29 is 9.50 Å². The number of benzene rings is 1. The summed E-state index contributed by atoms with van der Waals surface area (Å²) < 4.78 is 18.1. The van der Waals surface area contributed by atoms with Gasteiger partial charge in [0.05, 0.1) is 17.5 Å². The number of rotatable bonds is 8. The second-order valence-corrected chi connectivity index (χ2v) is 9.61. The predicted molar refractivity (Wildman–Crippen MR) is 113 cm³/mol.